The van der Waals surface area contributed by atoms with Gasteiger partial charge in [0.15, 0.2) is 0 Å². The zero-order valence-electron chi connectivity index (χ0n) is 4.77. The average molecular weight is 116 g/mol. The highest BCUT2D eigenvalue weighted by Gasteiger charge is 1.83. The van der Waals surface area contributed by atoms with E-state index in [4.69, 9.17) is 0 Å². The van der Waals surface area contributed by atoms with Crippen LogP contribution < -0.4 is 0 Å². The fourth-order valence-corrected chi connectivity index (χ4v) is 0.472. The van der Waals surface area contributed by atoms with Crippen LogP contribution in [0, 0.1) is 0 Å². The summed E-state index contributed by atoms with van der Waals surface area (Å²) in [6.45, 7) is 3.13. The molecule has 0 unspecified atom stereocenters. The molecule has 0 aliphatic carbocycles. The molecule has 0 spiro atoms. The van der Waals surface area contributed by atoms with Gasteiger partial charge in [0.1, 0.15) is 5.49 Å². The normalized spacial score (nSPS) is 8.29. The van der Waals surface area contributed by atoms with E-state index in [1.807, 2.05) is 11.9 Å². The van der Waals surface area contributed by atoms with Crippen molar-refractivity contribution < 1.29 is 0 Å². The van der Waals surface area contributed by atoms with Gasteiger partial charge < -0.3 is 4.90 Å². The second-order valence-electron chi connectivity index (χ2n) is 1.51. The third-order valence-corrected chi connectivity index (χ3v) is 1.03. The van der Waals surface area contributed by atoms with Gasteiger partial charge in [-0.25, -0.2) is 0 Å². The topological polar surface area (TPSA) is 3.24 Å². The molecule has 0 aromatic carbocycles. The van der Waals surface area contributed by atoms with Crippen LogP contribution >= 0.6 is 12.2 Å². The van der Waals surface area contributed by atoms with E-state index in [0.29, 0.717) is 0 Å². The lowest BCUT2D eigenvalue weighted by Gasteiger charge is -2.06. The van der Waals surface area contributed by atoms with Crippen LogP contribution in [0.4, 0.5) is 0 Å². The highest BCUT2D eigenvalue weighted by molar-refractivity contribution is 7.78. The Bertz CT molecular complexity index is 54.0. The number of nitrogens with zero attached hydrogens (tertiary/aromatic N) is 1. The summed E-state index contributed by atoms with van der Waals surface area (Å²) in [6.07, 6.45) is 1.14. The molecule has 7 heavy (non-hydrogen) atoms. The van der Waals surface area contributed by atoms with Crippen LogP contribution in [0.1, 0.15) is 13.3 Å². The van der Waals surface area contributed by atoms with Crippen LogP contribution in [0.15, 0.2) is 0 Å². The van der Waals surface area contributed by atoms with Gasteiger partial charge in [-0.15, -0.1) is 0 Å². The molecule has 0 saturated heterocycles. The van der Waals surface area contributed by atoms with Crippen molar-refractivity contribution in [3.05, 3.63) is 0 Å². The van der Waals surface area contributed by atoms with Crippen molar-refractivity contribution >= 4 is 17.7 Å². The van der Waals surface area contributed by atoms with E-state index in [0.717, 1.165) is 13.0 Å². The van der Waals surface area contributed by atoms with Crippen LogP contribution in [-0.2, 0) is 0 Å². The highest BCUT2D eigenvalue weighted by atomic mass is 32.1. The molecule has 0 rings (SSSR count). The van der Waals surface area contributed by atoms with Gasteiger partial charge >= 0.3 is 0 Å². The summed E-state index contributed by atoms with van der Waals surface area (Å²) >= 11 is 4.52. The van der Waals surface area contributed by atoms with E-state index in [1.54, 1.807) is 0 Å². The van der Waals surface area contributed by atoms with Crippen molar-refractivity contribution in [3.63, 3.8) is 0 Å². The quantitative estimate of drug-likeness (QED) is 0.402. The molecule has 0 fully saturated rings. The minimum atomic E-state index is 1.02. The van der Waals surface area contributed by atoms with Crippen LogP contribution in [0.5, 0.6) is 0 Å². The molecule has 1 radical (unpaired) electrons. The van der Waals surface area contributed by atoms with Crippen LogP contribution in [0.2, 0.25) is 0 Å². The standard InChI is InChI=1S/C5H10NS/c1-3-4-6(2)5-7/h3-4H2,1-2H3. The van der Waals surface area contributed by atoms with Gasteiger partial charge in [-0.2, -0.15) is 0 Å². The second-order valence-corrected chi connectivity index (χ2v) is 1.70. The monoisotopic (exact) mass is 116 g/mol. The molecule has 2 heteroatoms. The van der Waals surface area contributed by atoms with Gasteiger partial charge in [-0.1, -0.05) is 19.1 Å². The minimum absolute atomic E-state index is 1.02. The largest absolute Gasteiger partial charge is 0.363 e. The summed E-state index contributed by atoms with van der Waals surface area (Å²) < 4.78 is 0. The van der Waals surface area contributed by atoms with Crippen molar-refractivity contribution in [2.45, 2.75) is 13.3 Å². The number of hydrogen-bond donors (Lipinski definition) is 0. The Balaban J connectivity index is 2.98. The molecule has 0 aliphatic heterocycles. The van der Waals surface area contributed by atoms with Crippen molar-refractivity contribution in [1.29, 1.82) is 0 Å². The highest BCUT2D eigenvalue weighted by Crippen LogP contribution is 1.79. The van der Waals surface area contributed by atoms with E-state index in [-0.39, 0.29) is 0 Å². The first-order valence-corrected chi connectivity index (χ1v) is 2.81. The maximum Gasteiger partial charge on any atom is 0.136 e. The molecule has 0 amide bonds. The number of rotatable bonds is 3. The average Bonchev–Trinajstić information content (AvgIpc) is 1.68. The van der Waals surface area contributed by atoms with Gasteiger partial charge in [-0.3, -0.25) is 0 Å². The fourth-order valence-electron chi connectivity index (χ4n) is 0.381. The molecule has 41 valence electrons. The van der Waals surface area contributed by atoms with Gasteiger partial charge in [0.05, 0.1) is 0 Å². The Labute approximate surface area is 50.3 Å². The van der Waals surface area contributed by atoms with Gasteiger partial charge in [-0.05, 0) is 6.42 Å². The van der Waals surface area contributed by atoms with Gasteiger partial charge in [0.25, 0.3) is 0 Å². The maximum atomic E-state index is 4.52. The lowest BCUT2D eigenvalue weighted by molar-refractivity contribution is 0.522. The second kappa shape index (κ2) is 4.06. The van der Waals surface area contributed by atoms with Crippen LogP contribution in [0.3, 0.4) is 0 Å². The smallest absolute Gasteiger partial charge is 0.136 e. The fraction of sp³-hybridized carbons (Fsp3) is 0.800. The summed E-state index contributed by atoms with van der Waals surface area (Å²) in [5, 5.41) is 0. The Hall–Kier alpha value is -0.110. The van der Waals surface area contributed by atoms with Crippen molar-refractivity contribution in [3.8, 4) is 0 Å². The lowest BCUT2D eigenvalue weighted by Crippen LogP contribution is -2.14. The van der Waals surface area contributed by atoms with E-state index in [9.17, 15) is 0 Å². The number of thiocarbonyl (C=S) groups is 1. The van der Waals surface area contributed by atoms with E-state index in [1.165, 1.54) is 0 Å². The predicted molar refractivity (Wildman–Crippen MR) is 35.5 cm³/mol. The number of hydrogen-bond acceptors (Lipinski definition) is 1. The minimum Gasteiger partial charge on any atom is -0.363 e. The predicted octanol–water partition coefficient (Wildman–Crippen LogP) is 1.16. The molecule has 0 N–H and O–H groups in total. The molecule has 0 aromatic rings. The molecule has 0 heterocycles. The van der Waals surface area contributed by atoms with Gasteiger partial charge in [0, 0.05) is 13.6 Å². The summed E-state index contributed by atoms with van der Waals surface area (Å²) in [4.78, 5) is 1.87. The van der Waals surface area contributed by atoms with Crippen LogP contribution in [-0.4, -0.2) is 24.0 Å². The molecule has 0 atom stereocenters. The van der Waals surface area contributed by atoms with Crippen molar-refractivity contribution in [2.24, 2.45) is 0 Å². The molecule has 0 aromatic heterocycles. The molecule has 0 bridgehead atoms. The first-order valence-electron chi connectivity index (χ1n) is 2.40. The Kier molecular flexibility index (Phi) is 4.00. The molecule has 0 aliphatic rings. The van der Waals surface area contributed by atoms with Gasteiger partial charge in [0.2, 0.25) is 0 Å². The summed E-state index contributed by atoms with van der Waals surface area (Å²) in [6, 6.07) is 0. The summed E-state index contributed by atoms with van der Waals surface area (Å²) in [5.74, 6) is 0. The third kappa shape index (κ3) is 3.73. The zero-order chi connectivity index (χ0) is 5.70. The summed E-state index contributed by atoms with van der Waals surface area (Å²) in [7, 11) is 1.93. The van der Waals surface area contributed by atoms with Crippen molar-refractivity contribution in [2.75, 3.05) is 13.6 Å². The summed E-state index contributed by atoms with van der Waals surface area (Å²) in [5.41, 5.74) is 2.58. The first-order chi connectivity index (χ1) is 3.31. The maximum absolute atomic E-state index is 4.52. The Morgan fingerprint density at radius 2 is 2.29 bits per heavy atom. The zero-order valence-corrected chi connectivity index (χ0v) is 5.59. The first kappa shape index (κ1) is 6.89. The SMILES string of the molecule is CCCN(C)[C]=S. The van der Waals surface area contributed by atoms with E-state index < -0.39 is 0 Å². The molecular formula is C5H10NS. The van der Waals surface area contributed by atoms with Crippen molar-refractivity contribution in [1.82, 2.24) is 4.90 Å². The Morgan fingerprint density at radius 1 is 1.71 bits per heavy atom. The van der Waals surface area contributed by atoms with E-state index >= 15 is 0 Å². The lowest BCUT2D eigenvalue weighted by atomic mass is 10.5. The molecular weight excluding hydrogens is 106 g/mol. The van der Waals surface area contributed by atoms with Crippen LogP contribution in [0.25, 0.3) is 0 Å². The third-order valence-electron chi connectivity index (χ3n) is 0.715. The Morgan fingerprint density at radius 3 is 2.43 bits per heavy atom. The molecule has 1 nitrogen and oxygen atoms in total. The van der Waals surface area contributed by atoms with E-state index in [2.05, 4.69) is 24.6 Å². The molecule has 0 saturated carbocycles.